The van der Waals surface area contributed by atoms with Crippen LogP contribution in [0.25, 0.3) is 0 Å². The van der Waals surface area contributed by atoms with Crippen molar-refractivity contribution in [1.29, 1.82) is 0 Å². The number of aliphatic carboxylic acids is 1. The lowest BCUT2D eigenvalue weighted by molar-refractivity contribution is -0.139. The second-order valence-corrected chi connectivity index (χ2v) is 3.64. The predicted molar refractivity (Wildman–Crippen MR) is 59.6 cm³/mol. The van der Waals surface area contributed by atoms with Crippen LogP contribution in [0.4, 0.5) is 5.82 Å². The molecule has 0 saturated carbocycles. The first kappa shape index (κ1) is 13.2. The Hall–Kier alpha value is -1.89. The molecule has 7 heteroatoms. The van der Waals surface area contributed by atoms with Crippen LogP contribution in [-0.4, -0.2) is 34.7 Å². The van der Waals surface area contributed by atoms with E-state index in [9.17, 15) is 9.59 Å². The average Bonchev–Trinajstić information content (AvgIpc) is 2.63. The number of amides is 1. The molecule has 94 valence electrons. The standard InChI is InChI=1S/C10H15N3O4/c1-6-5-8(13-17-6)12-9(14)3-4-11-7(2)10(15)16/h5,7,11H,3-4H2,1-2H3,(H,15,16)(H,12,13,14)/t7-/m1/s1. The number of rotatable bonds is 6. The predicted octanol–water partition coefficient (Wildman–Crippen LogP) is 0.374. The molecule has 1 amide bonds. The van der Waals surface area contributed by atoms with E-state index in [0.717, 1.165) is 0 Å². The molecular weight excluding hydrogens is 226 g/mol. The van der Waals surface area contributed by atoms with Gasteiger partial charge >= 0.3 is 5.97 Å². The summed E-state index contributed by atoms with van der Waals surface area (Å²) >= 11 is 0. The quantitative estimate of drug-likeness (QED) is 0.664. The van der Waals surface area contributed by atoms with Crippen molar-refractivity contribution < 1.29 is 19.2 Å². The van der Waals surface area contributed by atoms with Crippen molar-refractivity contribution >= 4 is 17.7 Å². The van der Waals surface area contributed by atoms with E-state index in [1.807, 2.05) is 0 Å². The highest BCUT2D eigenvalue weighted by Crippen LogP contribution is 2.06. The van der Waals surface area contributed by atoms with E-state index in [1.165, 1.54) is 6.92 Å². The lowest BCUT2D eigenvalue weighted by atomic mass is 10.3. The Morgan fingerprint density at radius 3 is 2.82 bits per heavy atom. The third kappa shape index (κ3) is 4.64. The molecule has 0 aliphatic heterocycles. The molecule has 1 aromatic heterocycles. The molecule has 1 aromatic rings. The third-order valence-electron chi connectivity index (χ3n) is 2.07. The van der Waals surface area contributed by atoms with Gasteiger partial charge in [-0.15, -0.1) is 0 Å². The van der Waals surface area contributed by atoms with E-state index in [2.05, 4.69) is 15.8 Å². The number of aromatic nitrogens is 1. The number of carbonyl (C=O) groups excluding carboxylic acids is 1. The molecule has 0 aliphatic rings. The van der Waals surface area contributed by atoms with Crippen molar-refractivity contribution in [2.45, 2.75) is 26.3 Å². The summed E-state index contributed by atoms with van der Waals surface area (Å²) in [5, 5.41) is 17.4. The maximum Gasteiger partial charge on any atom is 0.320 e. The largest absolute Gasteiger partial charge is 0.480 e. The van der Waals surface area contributed by atoms with Gasteiger partial charge < -0.3 is 20.3 Å². The van der Waals surface area contributed by atoms with Gasteiger partial charge in [0.1, 0.15) is 11.8 Å². The number of carbonyl (C=O) groups is 2. The molecular formula is C10H15N3O4. The van der Waals surface area contributed by atoms with Gasteiger partial charge in [-0.3, -0.25) is 9.59 Å². The first-order valence-corrected chi connectivity index (χ1v) is 5.18. The Bertz CT molecular complexity index is 402. The first-order valence-electron chi connectivity index (χ1n) is 5.18. The molecule has 17 heavy (non-hydrogen) atoms. The molecule has 0 bridgehead atoms. The van der Waals surface area contributed by atoms with Crippen molar-refractivity contribution in [3.63, 3.8) is 0 Å². The Kier molecular flexibility index (Phi) is 4.65. The molecule has 1 heterocycles. The van der Waals surface area contributed by atoms with Crippen molar-refractivity contribution in [3.8, 4) is 0 Å². The monoisotopic (exact) mass is 241 g/mol. The molecule has 0 saturated heterocycles. The molecule has 0 aliphatic carbocycles. The van der Waals surface area contributed by atoms with Crippen molar-refractivity contribution in [3.05, 3.63) is 11.8 Å². The van der Waals surface area contributed by atoms with Crippen LogP contribution in [-0.2, 0) is 9.59 Å². The highest BCUT2D eigenvalue weighted by molar-refractivity contribution is 5.89. The van der Waals surface area contributed by atoms with Crippen LogP contribution in [0.5, 0.6) is 0 Å². The van der Waals surface area contributed by atoms with Gasteiger partial charge in [0, 0.05) is 19.0 Å². The van der Waals surface area contributed by atoms with Gasteiger partial charge in [-0.05, 0) is 13.8 Å². The van der Waals surface area contributed by atoms with Gasteiger partial charge in [-0.25, -0.2) is 0 Å². The van der Waals surface area contributed by atoms with Crippen molar-refractivity contribution in [2.75, 3.05) is 11.9 Å². The maximum atomic E-state index is 11.4. The molecule has 3 N–H and O–H groups in total. The summed E-state index contributed by atoms with van der Waals surface area (Å²) in [5.74, 6) is -0.224. The summed E-state index contributed by atoms with van der Waals surface area (Å²) in [7, 11) is 0. The summed E-state index contributed by atoms with van der Waals surface area (Å²) in [6, 6.07) is 0.933. The van der Waals surface area contributed by atoms with Gasteiger partial charge in [0.25, 0.3) is 0 Å². The fourth-order valence-electron chi connectivity index (χ4n) is 1.12. The van der Waals surface area contributed by atoms with Crippen molar-refractivity contribution in [1.82, 2.24) is 10.5 Å². The van der Waals surface area contributed by atoms with E-state index in [1.54, 1.807) is 13.0 Å². The normalized spacial score (nSPS) is 12.1. The van der Waals surface area contributed by atoms with E-state index in [4.69, 9.17) is 9.63 Å². The van der Waals surface area contributed by atoms with Crippen molar-refractivity contribution in [2.24, 2.45) is 0 Å². The van der Waals surface area contributed by atoms with Crippen LogP contribution in [0.15, 0.2) is 10.6 Å². The minimum absolute atomic E-state index is 0.170. The molecule has 0 unspecified atom stereocenters. The zero-order valence-electron chi connectivity index (χ0n) is 9.69. The zero-order valence-corrected chi connectivity index (χ0v) is 9.69. The summed E-state index contributed by atoms with van der Waals surface area (Å²) in [4.78, 5) is 21.9. The Morgan fingerprint density at radius 1 is 1.59 bits per heavy atom. The fourth-order valence-corrected chi connectivity index (χ4v) is 1.12. The van der Waals surface area contributed by atoms with Gasteiger partial charge in [-0.1, -0.05) is 5.16 Å². The second kappa shape index (κ2) is 6.00. The zero-order chi connectivity index (χ0) is 12.8. The van der Waals surface area contributed by atoms with E-state index in [-0.39, 0.29) is 18.9 Å². The second-order valence-electron chi connectivity index (χ2n) is 3.64. The van der Waals surface area contributed by atoms with Crippen LogP contribution < -0.4 is 10.6 Å². The SMILES string of the molecule is Cc1cc(NC(=O)CCN[C@H](C)C(=O)O)no1. The van der Waals surface area contributed by atoms with E-state index < -0.39 is 12.0 Å². The van der Waals surface area contributed by atoms with Crippen LogP contribution in [0.3, 0.4) is 0 Å². The third-order valence-corrected chi connectivity index (χ3v) is 2.07. The lowest BCUT2D eigenvalue weighted by Gasteiger charge is -2.08. The average molecular weight is 241 g/mol. The molecule has 0 aromatic carbocycles. The summed E-state index contributed by atoms with van der Waals surface area (Å²) < 4.78 is 4.78. The molecule has 1 atom stereocenters. The molecule has 7 nitrogen and oxygen atoms in total. The Labute approximate surface area is 98.2 Å². The lowest BCUT2D eigenvalue weighted by Crippen LogP contribution is -2.35. The minimum atomic E-state index is -0.947. The highest BCUT2D eigenvalue weighted by atomic mass is 16.5. The number of carboxylic acids is 1. The smallest absolute Gasteiger partial charge is 0.320 e. The molecule has 1 rings (SSSR count). The Balaban J connectivity index is 2.24. The van der Waals surface area contributed by atoms with Gasteiger partial charge in [-0.2, -0.15) is 0 Å². The molecule has 0 spiro atoms. The number of aryl methyl sites for hydroxylation is 1. The number of nitrogens with zero attached hydrogens (tertiary/aromatic N) is 1. The topological polar surface area (TPSA) is 104 Å². The molecule has 0 fully saturated rings. The number of hydrogen-bond donors (Lipinski definition) is 3. The van der Waals surface area contributed by atoms with E-state index >= 15 is 0 Å². The van der Waals surface area contributed by atoms with Gasteiger partial charge in [0.05, 0.1) is 0 Å². The van der Waals surface area contributed by atoms with Crippen LogP contribution in [0, 0.1) is 6.92 Å². The van der Waals surface area contributed by atoms with Crippen LogP contribution in [0.1, 0.15) is 19.1 Å². The molecule has 0 radical (unpaired) electrons. The summed E-state index contributed by atoms with van der Waals surface area (Å²) in [5.41, 5.74) is 0. The van der Waals surface area contributed by atoms with Crippen LogP contribution >= 0.6 is 0 Å². The number of hydrogen-bond acceptors (Lipinski definition) is 5. The number of anilines is 1. The van der Waals surface area contributed by atoms with Gasteiger partial charge in [0.15, 0.2) is 5.82 Å². The number of carboxylic acid groups (broad SMARTS) is 1. The summed E-state index contributed by atoms with van der Waals surface area (Å²) in [6.07, 6.45) is 0.170. The van der Waals surface area contributed by atoms with Crippen LogP contribution in [0.2, 0.25) is 0 Å². The Morgan fingerprint density at radius 2 is 2.29 bits per heavy atom. The maximum absolute atomic E-state index is 11.4. The highest BCUT2D eigenvalue weighted by Gasteiger charge is 2.11. The minimum Gasteiger partial charge on any atom is -0.480 e. The fraction of sp³-hybridized carbons (Fsp3) is 0.500. The number of nitrogens with one attached hydrogen (secondary N) is 2. The van der Waals surface area contributed by atoms with Gasteiger partial charge in [0.2, 0.25) is 5.91 Å². The summed E-state index contributed by atoms with van der Waals surface area (Å²) in [6.45, 7) is 3.52. The van der Waals surface area contributed by atoms with E-state index in [0.29, 0.717) is 11.6 Å². The first-order chi connectivity index (χ1) is 7.99.